The van der Waals surface area contributed by atoms with Gasteiger partial charge in [-0.05, 0) is 48.7 Å². The molecule has 0 spiro atoms. The summed E-state index contributed by atoms with van der Waals surface area (Å²) >= 11 is 6.25. The van der Waals surface area contributed by atoms with Gasteiger partial charge in [0.1, 0.15) is 5.58 Å². The minimum atomic E-state index is -0.686. The van der Waals surface area contributed by atoms with E-state index in [-0.39, 0.29) is 34.2 Å². The minimum Gasteiger partial charge on any atom is -0.504 e. The highest BCUT2D eigenvalue weighted by molar-refractivity contribution is 6.32. The highest BCUT2D eigenvalue weighted by Crippen LogP contribution is 2.41. The summed E-state index contributed by atoms with van der Waals surface area (Å²) in [5, 5.41) is 10.8. The molecule has 31 heavy (non-hydrogen) atoms. The van der Waals surface area contributed by atoms with E-state index in [0.717, 1.165) is 5.56 Å². The molecule has 0 bridgehead atoms. The van der Waals surface area contributed by atoms with Crippen LogP contribution in [-0.2, 0) is 4.74 Å². The van der Waals surface area contributed by atoms with Gasteiger partial charge in [-0.3, -0.25) is 9.59 Å². The van der Waals surface area contributed by atoms with Crippen LogP contribution in [0.1, 0.15) is 39.7 Å². The summed E-state index contributed by atoms with van der Waals surface area (Å²) in [6.07, 6.45) is 0.584. The fraction of sp³-hybridized carbons (Fsp3) is 0.304. The first kappa shape index (κ1) is 21.2. The van der Waals surface area contributed by atoms with Crippen LogP contribution >= 0.6 is 11.6 Å². The summed E-state index contributed by atoms with van der Waals surface area (Å²) in [7, 11) is 3.03. The van der Waals surface area contributed by atoms with E-state index in [1.165, 1.54) is 13.2 Å². The number of aromatic hydroxyl groups is 1. The first-order chi connectivity index (χ1) is 14.9. The van der Waals surface area contributed by atoms with Crippen molar-refractivity contribution in [3.05, 3.63) is 68.0 Å². The van der Waals surface area contributed by atoms with E-state index in [9.17, 15) is 14.7 Å². The van der Waals surface area contributed by atoms with E-state index in [4.69, 9.17) is 25.5 Å². The molecular weight excluding hydrogens is 422 g/mol. The van der Waals surface area contributed by atoms with Crippen molar-refractivity contribution >= 4 is 28.5 Å². The maximum absolute atomic E-state index is 13.5. The van der Waals surface area contributed by atoms with Crippen LogP contribution in [0.5, 0.6) is 11.5 Å². The molecule has 2 heterocycles. The number of fused-ring (bicyclic) bond motifs is 2. The third kappa shape index (κ3) is 3.54. The largest absolute Gasteiger partial charge is 0.504 e. The van der Waals surface area contributed by atoms with Gasteiger partial charge in [-0.15, -0.1) is 0 Å². The Labute approximate surface area is 183 Å². The van der Waals surface area contributed by atoms with Crippen LogP contribution in [0.3, 0.4) is 0 Å². The summed E-state index contributed by atoms with van der Waals surface area (Å²) in [6, 6.07) is 7.32. The lowest BCUT2D eigenvalue weighted by Gasteiger charge is -2.25. The van der Waals surface area contributed by atoms with Gasteiger partial charge in [-0.1, -0.05) is 17.7 Å². The first-order valence-corrected chi connectivity index (χ1v) is 10.2. The molecule has 0 saturated carbocycles. The van der Waals surface area contributed by atoms with Crippen molar-refractivity contribution in [2.75, 3.05) is 27.4 Å². The molecule has 1 aliphatic rings. The predicted octanol–water partition coefficient (Wildman–Crippen LogP) is 4.05. The van der Waals surface area contributed by atoms with Crippen LogP contribution in [0.15, 0.2) is 39.5 Å². The molecule has 0 aliphatic carbocycles. The normalized spacial score (nSPS) is 15.5. The van der Waals surface area contributed by atoms with Crippen molar-refractivity contribution < 1.29 is 23.8 Å². The molecule has 0 radical (unpaired) electrons. The summed E-state index contributed by atoms with van der Waals surface area (Å²) in [5.74, 6) is -0.128. The number of carbonyl (C=O) groups is 1. The molecule has 162 valence electrons. The molecule has 1 unspecified atom stereocenters. The van der Waals surface area contributed by atoms with Gasteiger partial charge >= 0.3 is 0 Å². The smallest absolute Gasteiger partial charge is 0.290 e. The number of hydrogen-bond donors (Lipinski definition) is 1. The lowest BCUT2D eigenvalue weighted by Crippen LogP contribution is -2.31. The van der Waals surface area contributed by atoms with Crippen LogP contribution in [0, 0.1) is 6.92 Å². The Kier molecular flexibility index (Phi) is 5.64. The van der Waals surface area contributed by atoms with Crippen LogP contribution in [-0.4, -0.2) is 43.3 Å². The van der Waals surface area contributed by atoms with Gasteiger partial charge in [0, 0.05) is 25.3 Å². The fourth-order valence-corrected chi connectivity index (χ4v) is 4.13. The molecule has 1 N–H and O–H groups in total. The highest BCUT2D eigenvalue weighted by Gasteiger charge is 2.42. The third-order valence-electron chi connectivity index (χ3n) is 5.51. The first-order valence-electron chi connectivity index (χ1n) is 9.81. The molecule has 0 saturated heterocycles. The topological polar surface area (TPSA) is 89.2 Å². The van der Waals surface area contributed by atoms with E-state index in [2.05, 4.69) is 0 Å². The number of phenols is 1. The van der Waals surface area contributed by atoms with Gasteiger partial charge in [0.2, 0.25) is 5.76 Å². The van der Waals surface area contributed by atoms with Gasteiger partial charge in [-0.2, -0.15) is 0 Å². The van der Waals surface area contributed by atoms with Gasteiger partial charge in [0.15, 0.2) is 16.9 Å². The second kappa shape index (κ2) is 8.24. The van der Waals surface area contributed by atoms with E-state index >= 15 is 0 Å². The van der Waals surface area contributed by atoms with Gasteiger partial charge in [0.25, 0.3) is 5.91 Å². The number of ether oxygens (including phenoxy) is 2. The molecule has 7 nitrogen and oxygen atoms in total. The third-order valence-corrected chi connectivity index (χ3v) is 5.92. The Morgan fingerprint density at radius 1 is 1.19 bits per heavy atom. The van der Waals surface area contributed by atoms with E-state index in [1.54, 1.807) is 43.2 Å². The lowest BCUT2D eigenvalue weighted by molar-refractivity contribution is 0.0707. The molecule has 2 aromatic carbocycles. The standard InChI is InChI=1S/C23H22ClNO6/c1-12-9-17-14(11-15(12)24)21(27)19-20(13-5-6-16(26)18(10-13)30-3)25(7-4-8-29-2)23(28)22(19)31-17/h5-6,9-11,20,26H,4,7-8H2,1-3H3. The Morgan fingerprint density at radius 2 is 1.97 bits per heavy atom. The van der Waals surface area contributed by atoms with Crippen LogP contribution in [0.2, 0.25) is 5.02 Å². The fourth-order valence-electron chi connectivity index (χ4n) is 3.96. The zero-order chi connectivity index (χ0) is 22.3. The quantitative estimate of drug-likeness (QED) is 0.578. The number of carbonyl (C=O) groups excluding carboxylic acids is 1. The number of halogens is 1. The molecule has 8 heteroatoms. The van der Waals surface area contributed by atoms with Crippen LogP contribution in [0.4, 0.5) is 0 Å². The number of amides is 1. The predicted molar refractivity (Wildman–Crippen MR) is 116 cm³/mol. The summed E-state index contributed by atoms with van der Waals surface area (Å²) in [6.45, 7) is 2.63. The second-order valence-electron chi connectivity index (χ2n) is 7.45. The highest BCUT2D eigenvalue weighted by atomic mass is 35.5. The molecule has 1 aliphatic heterocycles. The van der Waals surface area contributed by atoms with E-state index < -0.39 is 6.04 Å². The molecular formula is C23H22ClNO6. The average molecular weight is 444 g/mol. The average Bonchev–Trinajstić information content (AvgIpc) is 3.02. The Bertz CT molecular complexity index is 1230. The number of rotatable bonds is 6. The zero-order valence-electron chi connectivity index (χ0n) is 17.4. The Balaban J connectivity index is 1.95. The number of aryl methyl sites for hydroxylation is 1. The molecule has 0 fully saturated rings. The number of nitrogens with zero attached hydrogens (tertiary/aromatic N) is 1. The SMILES string of the molecule is COCCCN1C(=O)c2oc3cc(C)c(Cl)cc3c(=O)c2C1c1ccc(O)c(OC)c1. The molecule has 1 atom stereocenters. The minimum absolute atomic E-state index is 0.0219. The maximum Gasteiger partial charge on any atom is 0.290 e. The van der Waals surface area contributed by atoms with Crippen molar-refractivity contribution in [3.8, 4) is 11.5 Å². The Morgan fingerprint density at radius 3 is 2.68 bits per heavy atom. The van der Waals surface area contributed by atoms with E-state index in [1.807, 2.05) is 0 Å². The Hall–Kier alpha value is -3.03. The number of hydrogen-bond acceptors (Lipinski definition) is 6. The summed E-state index contributed by atoms with van der Waals surface area (Å²) in [4.78, 5) is 28.4. The lowest BCUT2D eigenvalue weighted by atomic mass is 9.97. The zero-order valence-corrected chi connectivity index (χ0v) is 18.2. The molecule has 1 amide bonds. The maximum atomic E-state index is 13.5. The number of benzene rings is 2. The van der Waals surface area contributed by atoms with Gasteiger partial charge in [-0.25, -0.2) is 0 Å². The van der Waals surface area contributed by atoms with Gasteiger partial charge < -0.3 is 23.9 Å². The van der Waals surface area contributed by atoms with Crippen molar-refractivity contribution in [2.45, 2.75) is 19.4 Å². The van der Waals surface area contributed by atoms with Crippen LogP contribution in [0.25, 0.3) is 11.0 Å². The summed E-state index contributed by atoms with van der Waals surface area (Å²) in [5.41, 5.74) is 1.64. The van der Waals surface area contributed by atoms with Crippen molar-refractivity contribution in [1.82, 2.24) is 4.90 Å². The van der Waals surface area contributed by atoms with Gasteiger partial charge in [0.05, 0.1) is 24.1 Å². The van der Waals surface area contributed by atoms with Crippen molar-refractivity contribution in [1.29, 1.82) is 0 Å². The van der Waals surface area contributed by atoms with Crippen molar-refractivity contribution in [2.24, 2.45) is 0 Å². The monoisotopic (exact) mass is 443 g/mol. The number of methoxy groups -OCH3 is 2. The number of phenolic OH excluding ortho intramolecular Hbond substituents is 1. The summed E-state index contributed by atoms with van der Waals surface area (Å²) < 4.78 is 16.3. The molecule has 1 aromatic heterocycles. The van der Waals surface area contributed by atoms with Crippen LogP contribution < -0.4 is 10.2 Å². The second-order valence-corrected chi connectivity index (χ2v) is 7.86. The van der Waals surface area contributed by atoms with Crippen molar-refractivity contribution in [3.63, 3.8) is 0 Å². The molecule has 4 rings (SSSR count). The van der Waals surface area contributed by atoms with E-state index in [0.29, 0.717) is 41.1 Å². The molecule has 3 aromatic rings.